The van der Waals surface area contributed by atoms with Crippen LogP contribution in [0.4, 0.5) is 0 Å². The minimum atomic E-state index is -1.91. The molecule has 6 unspecified atom stereocenters. The molecule has 0 amide bonds. The summed E-state index contributed by atoms with van der Waals surface area (Å²) in [6, 6.07) is 0. The largest absolute Gasteiger partial charge is 0.479 e. The third-order valence-corrected chi connectivity index (χ3v) is 15.4. The van der Waals surface area contributed by atoms with Gasteiger partial charge in [-0.05, 0) is 77.0 Å². The van der Waals surface area contributed by atoms with Gasteiger partial charge in [-0.1, -0.05) is 268 Å². The second-order valence-corrected chi connectivity index (χ2v) is 23.1. The van der Waals surface area contributed by atoms with Crippen molar-refractivity contribution in [2.45, 2.75) is 353 Å². The summed E-state index contributed by atoms with van der Waals surface area (Å²) in [7, 11) is 0. The topological polar surface area (TPSA) is 175 Å². The van der Waals surface area contributed by atoms with E-state index in [1.165, 1.54) is 135 Å². The molecule has 0 aromatic carbocycles. The third kappa shape index (κ3) is 46.7. The van der Waals surface area contributed by atoms with Crippen molar-refractivity contribution in [1.82, 2.24) is 0 Å². The van der Waals surface area contributed by atoms with Gasteiger partial charge in [0.25, 0.3) is 0 Å². The van der Waals surface area contributed by atoms with E-state index in [9.17, 15) is 34.5 Å². The normalized spacial score (nSPS) is 18.0. The van der Waals surface area contributed by atoms with Crippen molar-refractivity contribution >= 4 is 23.9 Å². The van der Waals surface area contributed by atoms with E-state index in [-0.39, 0.29) is 25.9 Å². The van der Waals surface area contributed by atoms with E-state index >= 15 is 0 Å². The molecule has 0 aliphatic carbocycles. The Morgan fingerprint density at radius 2 is 0.778 bits per heavy atom. The molecule has 1 aliphatic rings. The predicted molar refractivity (Wildman–Crippen MR) is 331 cm³/mol. The Labute approximate surface area is 494 Å². The zero-order valence-corrected chi connectivity index (χ0v) is 52.0. The Hall–Kier alpha value is -3.32. The van der Waals surface area contributed by atoms with E-state index in [0.29, 0.717) is 19.3 Å². The van der Waals surface area contributed by atoms with Gasteiger partial charge >= 0.3 is 23.9 Å². The van der Waals surface area contributed by atoms with E-state index < -0.39 is 67.3 Å². The molecule has 81 heavy (non-hydrogen) atoms. The first-order valence-corrected chi connectivity index (χ1v) is 33.6. The fourth-order valence-corrected chi connectivity index (χ4v) is 10.3. The van der Waals surface area contributed by atoms with Crippen molar-refractivity contribution in [2.24, 2.45) is 0 Å². The Balaban J connectivity index is 2.64. The summed E-state index contributed by atoms with van der Waals surface area (Å²) in [6.45, 7) is 5.92. The van der Waals surface area contributed by atoms with Gasteiger partial charge in [0.2, 0.25) is 0 Å². The summed E-state index contributed by atoms with van der Waals surface area (Å²) in [6.07, 6.45) is 57.8. The smallest absolute Gasteiger partial charge is 0.335 e. The van der Waals surface area contributed by atoms with Crippen LogP contribution < -0.4 is 0 Å². The van der Waals surface area contributed by atoms with Crippen molar-refractivity contribution < 1.29 is 58.2 Å². The molecule has 0 bridgehead atoms. The number of carbonyl (C=O) groups is 4. The molecule has 0 saturated carbocycles. The molecule has 0 radical (unpaired) electrons. The number of aliphatic hydroxyl groups is 2. The lowest BCUT2D eigenvalue weighted by atomic mass is 9.98. The van der Waals surface area contributed by atoms with Crippen LogP contribution in [0.2, 0.25) is 0 Å². The first kappa shape index (κ1) is 75.7. The number of unbranched alkanes of at least 4 members (excludes halogenated alkanes) is 36. The summed E-state index contributed by atoms with van der Waals surface area (Å²) in [4.78, 5) is 51.4. The third-order valence-electron chi connectivity index (χ3n) is 15.4. The Bertz CT molecular complexity index is 1590. The Kier molecular flexibility index (Phi) is 53.4. The standard InChI is InChI=1S/C69H122O12/c1-4-7-10-13-16-19-22-25-28-30-31-33-35-37-40-43-46-49-52-55-61(70)77-58-60(79-62(71)56-53-50-47-44-41-39-36-32-29-26-23-20-17-14-11-8-5-2)59-78-69-67(65(74)64(73)66(81-69)68(75)76)80-63(72)57-54-51-48-45-42-38-34-27-24-21-18-15-12-9-6-3/h8,11,17,20,26-27,29,34,60,64-67,69,73-74H,4-7,9-10,12-16,18-19,21-25,28,30-33,35-59H2,1-3H3,(H,75,76)/b11-8-,20-17-,29-26-,34-27-. The maximum absolute atomic E-state index is 13.2. The second-order valence-electron chi connectivity index (χ2n) is 23.1. The molecule has 1 heterocycles. The van der Waals surface area contributed by atoms with Crippen molar-refractivity contribution in [3.63, 3.8) is 0 Å². The van der Waals surface area contributed by atoms with Crippen LogP contribution in [0.3, 0.4) is 0 Å². The highest BCUT2D eigenvalue weighted by Gasteiger charge is 2.50. The van der Waals surface area contributed by atoms with Gasteiger partial charge in [0, 0.05) is 19.3 Å². The highest BCUT2D eigenvalue weighted by atomic mass is 16.7. The van der Waals surface area contributed by atoms with E-state index in [1.54, 1.807) is 0 Å². The van der Waals surface area contributed by atoms with Crippen LogP contribution in [0, 0.1) is 0 Å². The van der Waals surface area contributed by atoms with E-state index in [2.05, 4.69) is 69.4 Å². The van der Waals surface area contributed by atoms with E-state index in [1.807, 2.05) is 0 Å². The molecule has 0 aromatic rings. The Morgan fingerprint density at radius 3 is 1.20 bits per heavy atom. The van der Waals surface area contributed by atoms with Crippen molar-refractivity contribution in [1.29, 1.82) is 0 Å². The van der Waals surface area contributed by atoms with Gasteiger partial charge in [-0.3, -0.25) is 14.4 Å². The minimum absolute atomic E-state index is 0.0516. The van der Waals surface area contributed by atoms with Crippen molar-refractivity contribution in [3.8, 4) is 0 Å². The van der Waals surface area contributed by atoms with Gasteiger partial charge in [0.1, 0.15) is 18.8 Å². The zero-order valence-electron chi connectivity index (χ0n) is 52.0. The predicted octanol–water partition coefficient (Wildman–Crippen LogP) is 18.1. The molecule has 0 aromatic heterocycles. The second kappa shape index (κ2) is 57.1. The molecule has 0 spiro atoms. The van der Waals surface area contributed by atoms with Crippen LogP contribution in [0.15, 0.2) is 48.6 Å². The number of aliphatic hydroxyl groups excluding tert-OH is 2. The summed E-state index contributed by atoms with van der Waals surface area (Å²) >= 11 is 0. The quantitative estimate of drug-likeness (QED) is 0.0228. The number of esters is 3. The minimum Gasteiger partial charge on any atom is -0.479 e. The number of carboxylic acid groups (broad SMARTS) is 1. The van der Waals surface area contributed by atoms with Crippen LogP contribution >= 0.6 is 0 Å². The lowest BCUT2D eigenvalue weighted by molar-refractivity contribution is -0.301. The monoisotopic (exact) mass is 1140 g/mol. The lowest BCUT2D eigenvalue weighted by Crippen LogP contribution is -2.61. The SMILES string of the molecule is CC/C=C\C/C=C\C/C=C\CCCCCCCCCC(=O)OC(COC(=O)CCCCCCCCCCCCCCCCCCCCC)COC1OC(C(=O)O)C(O)C(O)C1OC(=O)CCCCCCC/C=C\CCCCCCCC. The van der Waals surface area contributed by atoms with Gasteiger partial charge in [-0.25, -0.2) is 4.79 Å². The molecule has 3 N–H and O–H groups in total. The lowest BCUT2D eigenvalue weighted by Gasteiger charge is -2.40. The molecular formula is C69H122O12. The molecule has 1 aliphatic heterocycles. The fourth-order valence-electron chi connectivity index (χ4n) is 10.3. The number of rotatable bonds is 58. The summed E-state index contributed by atoms with van der Waals surface area (Å²) in [5.74, 6) is -3.11. The first-order valence-electron chi connectivity index (χ1n) is 33.6. The average molecular weight is 1140 g/mol. The van der Waals surface area contributed by atoms with Crippen LogP contribution in [0.25, 0.3) is 0 Å². The maximum Gasteiger partial charge on any atom is 0.335 e. The number of carboxylic acids is 1. The number of ether oxygens (including phenoxy) is 5. The molecule has 12 heteroatoms. The van der Waals surface area contributed by atoms with Crippen LogP contribution in [-0.4, -0.2) is 89.2 Å². The van der Waals surface area contributed by atoms with Crippen molar-refractivity contribution in [2.75, 3.05) is 13.2 Å². The van der Waals surface area contributed by atoms with E-state index in [4.69, 9.17) is 23.7 Å². The van der Waals surface area contributed by atoms with Gasteiger partial charge in [-0.2, -0.15) is 0 Å². The van der Waals surface area contributed by atoms with E-state index in [0.717, 1.165) is 122 Å². The van der Waals surface area contributed by atoms with Gasteiger partial charge < -0.3 is 39.0 Å². The van der Waals surface area contributed by atoms with Crippen LogP contribution in [-0.2, 0) is 42.9 Å². The maximum atomic E-state index is 13.2. The zero-order chi connectivity index (χ0) is 58.9. The molecular weight excluding hydrogens is 1020 g/mol. The summed E-state index contributed by atoms with van der Waals surface area (Å²) in [5.41, 5.74) is 0. The summed E-state index contributed by atoms with van der Waals surface area (Å²) < 4.78 is 28.6. The van der Waals surface area contributed by atoms with Crippen LogP contribution in [0.1, 0.15) is 316 Å². The fraction of sp³-hybridized carbons (Fsp3) is 0.826. The van der Waals surface area contributed by atoms with Crippen molar-refractivity contribution in [3.05, 3.63) is 48.6 Å². The molecule has 6 atom stereocenters. The molecule has 1 fully saturated rings. The van der Waals surface area contributed by atoms with Gasteiger partial charge in [-0.15, -0.1) is 0 Å². The number of carbonyl (C=O) groups excluding carboxylic acids is 3. The Morgan fingerprint density at radius 1 is 0.420 bits per heavy atom. The van der Waals surface area contributed by atoms with Crippen LogP contribution in [0.5, 0.6) is 0 Å². The summed E-state index contributed by atoms with van der Waals surface area (Å²) in [5, 5.41) is 31.6. The highest BCUT2D eigenvalue weighted by molar-refractivity contribution is 5.74. The number of hydrogen-bond acceptors (Lipinski definition) is 11. The number of hydrogen-bond donors (Lipinski definition) is 3. The molecule has 12 nitrogen and oxygen atoms in total. The average Bonchev–Trinajstić information content (AvgIpc) is 3.52. The molecule has 1 rings (SSSR count). The molecule has 1 saturated heterocycles. The van der Waals surface area contributed by atoms with Gasteiger partial charge in [0.15, 0.2) is 24.6 Å². The van der Waals surface area contributed by atoms with Gasteiger partial charge in [0.05, 0.1) is 6.61 Å². The molecule has 470 valence electrons. The first-order chi connectivity index (χ1) is 39.6. The highest BCUT2D eigenvalue weighted by Crippen LogP contribution is 2.27. The number of aliphatic carboxylic acids is 1. The number of allylic oxidation sites excluding steroid dienone is 8.